The highest BCUT2D eigenvalue weighted by atomic mass is 79.9. The molecule has 0 N–H and O–H groups in total. The Hall–Kier alpha value is -0.290. The van der Waals surface area contributed by atoms with Crippen LogP contribution in [0.4, 0.5) is 8.78 Å². The minimum Gasteiger partial charge on any atom is -0.298 e. The van der Waals surface area contributed by atoms with Gasteiger partial charge in [-0.15, -0.1) is 0 Å². The van der Waals surface area contributed by atoms with E-state index in [1.807, 2.05) is 0 Å². The van der Waals surface area contributed by atoms with Crippen LogP contribution in [0, 0.1) is 0 Å². The Morgan fingerprint density at radius 2 is 1.94 bits per heavy atom. The average Bonchev–Trinajstić information content (AvgIpc) is 2.28. The molecule has 0 bridgehead atoms. The summed E-state index contributed by atoms with van der Waals surface area (Å²) in [6.45, 7) is 0. The summed E-state index contributed by atoms with van der Waals surface area (Å²) in [4.78, 5) is 11.3. The zero-order valence-electron chi connectivity index (χ0n) is 8.35. The third kappa shape index (κ3) is 3.63. The molecule has 0 saturated heterocycles. The molecule has 88 valence electrons. The second-order valence-corrected chi connectivity index (χ2v) is 4.43. The molecular formula is C11H10Br2F2O. The highest BCUT2D eigenvalue weighted by Gasteiger charge is 2.12. The Kier molecular flexibility index (Phi) is 5.55. The van der Waals surface area contributed by atoms with E-state index in [2.05, 4.69) is 31.9 Å². The lowest BCUT2D eigenvalue weighted by Crippen LogP contribution is -2.06. The van der Waals surface area contributed by atoms with E-state index in [1.165, 1.54) is 12.1 Å². The maximum absolute atomic E-state index is 12.5. The number of hydrogen-bond donors (Lipinski definition) is 0. The van der Waals surface area contributed by atoms with Gasteiger partial charge in [-0.05, 0) is 17.2 Å². The van der Waals surface area contributed by atoms with Crippen LogP contribution in [-0.2, 0) is 16.5 Å². The first kappa shape index (κ1) is 13.8. The van der Waals surface area contributed by atoms with Crippen LogP contribution in [0.2, 0.25) is 0 Å². The Labute approximate surface area is 109 Å². The molecule has 0 aliphatic rings. The number of halogens is 4. The average molecular weight is 356 g/mol. The number of Topliss-reactive ketones (excluding diaryl/α,β-unsaturated/α-hetero) is 1. The van der Waals surface area contributed by atoms with Gasteiger partial charge in [-0.25, -0.2) is 8.78 Å². The highest BCUT2D eigenvalue weighted by molar-refractivity contribution is 9.09. The van der Waals surface area contributed by atoms with Crippen molar-refractivity contribution in [3.05, 3.63) is 34.9 Å². The summed E-state index contributed by atoms with van der Waals surface area (Å²) < 4.78 is 25.0. The van der Waals surface area contributed by atoms with Crippen molar-refractivity contribution in [3.63, 3.8) is 0 Å². The summed E-state index contributed by atoms with van der Waals surface area (Å²) in [7, 11) is 0. The zero-order valence-corrected chi connectivity index (χ0v) is 11.5. The number of hydrogen-bond acceptors (Lipinski definition) is 1. The molecule has 0 aliphatic carbocycles. The molecule has 0 fully saturated rings. The first-order valence-electron chi connectivity index (χ1n) is 4.62. The maximum Gasteiger partial charge on any atom is 0.263 e. The van der Waals surface area contributed by atoms with Gasteiger partial charge in [0.2, 0.25) is 0 Å². The minimum absolute atomic E-state index is 0.0198. The predicted octanol–water partition coefficient (Wildman–Crippen LogP) is 4.03. The van der Waals surface area contributed by atoms with E-state index in [0.29, 0.717) is 10.9 Å². The molecule has 1 aromatic rings. The normalized spacial score (nSPS) is 10.8. The number of benzene rings is 1. The fraction of sp³-hybridized carbons (Fsp3) is 0.364. The quantitative estimate of drug-likeness (QED) is 0.729. The van der Waals surface area contributed by atoms with Crippen LogP contribution in [0.15, 0.2) is 18.2 Å². The van der Waals surface area contributed by atoms with Crippen LogP contribution in [0.5, 0.6) is 0 Å². The first-order chi connectivity index (χ1) is 7.58. The smallest absolute Gasteiger partial charge is 0.263 e. The van der Waals surface area contributed by atoms with E-state index < -0.39 is 6.43 Å². The van der Waals surface area contributed by atoms with Crippen molar-refractivity contribution in [1.29, 1.82) is 0 Å². The molecule has 0 saturated carbocycles. The van der Waals surface area contributed by atoms with Gasteiger partial charge in [0.05, 0.1) is 5.33 Å². The van der Waals surface area contributed by atoms with Gasteiger partial charge in [-0.1, -0.05) is 44.0 Å². The van der Waals surface area contributed by atoms with E-state index in [0.717, 1.165) is 5.56 Å². The van der Waals surface area contributed by atoms with Crippen LogP contribution in [-0.4, -0.2) is 11.1 Å². The molecule has 0 heterocycles. The number of alkyl halides is 4. The lowest BCUT2D eigenvalue weighted by atomic mass is 10.0. The second-order valence-electron chi connectivity index (χ2n) is 3.31. The lowest BCUT2D eigenvalue weighted by Gasteiger charge is -2.08. The summed E-state index contributed by atoms with van der Waals surface area (Å²) in [5, 5.41) is 0.801. The van der Waals surface area contributed by atoms with Gasteiger partial charge in [0.1, 0.15) is 5.78 Å². The van der Waals surface area contributed by atoms with Gasteiger partial charge < -0.3 is 0 Å². The molecule has 0 unspecified atom stereocenters. The summed E-state index contributed by atoms with van der Waals surface area (Å²) in [6.07, 6.45) is -2.31. The van der Waals surface area contributed by atoms with E-state index in [4.69, 9.17) is 0 Å². The molecule has 0 radical (unpaired) electrons. The largest absolute Gasteiger partial charge is 0.298 e. The molecule has 0 amide bonds. The Balaban J connectivity index is 3.02. The molecule has 0 atom stereocenters. The third-order valence-corrected chi connectivity index (χ3v) is 3.39. The van der Waals surface area contributed by atoms with Gasteiger partial charge in [-0.3, -0.25) is 4.79 Å². The fourth-order valence-electron chi connectivity index (χ4n) is 1.34. The van der Waals surface area contributed by atoms with Crippen molar-refractivity contribution in [2.75, 3.05) is 5.33 Å². The van der Waals surface area contributed by atoms with Crippen LogP contribution >= 0.6 is 31.9 Å². The Morgan fingerprint density at radius 3 is 2.44 bits per heavy atom. The molecule has 0 aliphatic heterocycles. The molecule has 1 aromatic carbocycles. The zero-order chi connectivity index (χ0) is 12.1. The van der Waals surface area contributed by atoms with Gasteiger partial charge >= 0.3 is 0 Å². The molecular weight excluding hydrogens is 346 g/mol. The van der Waals surface area contributed by atoms with E-state index in [9.17, 15) is 13.6 Å². The molecule has 16 heavy (non-hydrogen) atoms. The minimum atomic E-state index is -2.50. The number of carbonyl (C=O) groups excluding carboxylic acids is 1. The van der Waals surface area contributed by atoms with Gasteiger partial charge in [0.25, 0.3) is 6.43 Å². The molecule has 5 heteroatoms. The summed E-state index contributed by atoms with van der Waals surface area (Å²) in [5.41, 5.74) is 1.50. The monoisotopic (exact) mass is 354 g/mol. The van der Waals surface area contributed by atoms with Crippen LogP contribution in [0.1, 0.15) is 23.1 Å². The van der Waals surface area contributed by atoms with Crippen molar-refractivity contribution in [1.82, 2.24) is 0 Å². The predicted molar refractivity (Wildman–Crippen MR) is 66.5 cm³/mol. The van der Waals surface area contributed by atoms with Crippen LogP contribution < -0.4 is 0 Å². The summed E-state index contributed by atoms with van der Waals surface area (Å²) in [5.74, 6) is -0.0198. The Morgan fingerprint density at radius 1 is 1.25 bits per heavy atom. The van der Waals surface area contributed by atoms with Crippen LogP contribution in [0.3, 0.4) is 0 Å². The number of carbonyl (C=O) groups is 1. The van der Waals surface area contributed by atoms with Crippen LogP contribution in [0.25, 0.3) is 0 Å². The van der Waals surface area contributed by atoms with E-state index in [1.54, 1.807) is 6.07 Å². The fourth-order valence-corrected chi connectivity index (χ4v) is 2.08. The number of ketones is 1. The molecule has 1 rings (SSSR count). The van der Waals surface area contributed by atoms with Crippen molar-refractivity contribution in [3.8, 4) is 0 Å². The maximum atomic E-state index is 12.5. The third-order valence-electron chi connectivity index (χ3n) is 2.16. The Bertz CT molecular complexity index is 380. The molecule has 0 spiro atoms. The SMILES string of the molecule is O=C(CBr)Cc1cc(C(F)F)ccc1CBr. The second kappa shape index (κ2) is 6.45. The first-order valence-corrected chi connectivity index (χ1v) is 6.86. The van der Waals surface area contributed by atoms with Gasteiger partial charge in [0, 0.05) is 17.3 Å². The van der Waals surface area contributed by atoms with Crippen molar-refractivity contribution >= 4 is 37.6 Å². The highest BCUT2D eigenvalue weighted by Crippen LogP contribution is 2.23. The van der Waals surface area contributed by atoms with Crippen molar-refractivity contribution < 1.29 is 13.6 Å². The molecule has 1 nitrogen and oxygen atoms in total. The van der Waals surface area contributed by atoms with E-state index >= 15 is 0 Å². The topological polar surface area (TPSA) is 17.1 Å². The van der Waals surface area contributed by atoms with Gasteiger partial charge in [-0.2, -0.15) is 0 Å². The number of rotatable bonds is 5. The van der Waals surface area contributed by atoms with E-state index in [-0.39, 0.29) is 23.1 Å². The van der Waals surface area contributed by atoms with Crippen molar-refractivity contribution in [2.24, 2.45) is 0 Å². The van der Waals surface area contributed by atoms with Crippen molar-refractivity contribution in [2.45, 2.75) is 18.2 Å². The summed E-state index contributed by atoms with van der Waals surface area (Å²) in [6, 6.07) is 4.43. The summed E-state index contributed by atoms with van der Waals surface area (Å²) >= 11 is 6.33. The molecule has 0 aromatic heterocycles. The lowest BCUT2D eigenvalue weighted by molar-refractivity contribution is -0.115. The standard InChI is InChI=1S/C11H10Br2F2O/c12-5-8-2-1-7(11(14)15)3-9(8)4-10(16)6-13/h1-3,11H,4-6H2. The van der Waals surface area contributed by atoms with Gasteiger partial charge in [0.15, 0.2) is 0 Å².